The predicted octanol–water partition coefficient (Wildman–Crippen LogP) is 1.81. The number of aryl methyl sites for hydroxylation is 2. The van der Waals surface area contributed by atoms with Gasteiger partial charge in [-0.3, -0.25) is 0 Å². The topological polar surface area (TPSA) is 58.0 Å². The molecule has 0 aliphatic heterocycles. The van der Waals surface area contributed by atoms with Crippen LogP contribution in [0.5, 0.6) is 0 Å². The van der Waals surface area contributed by atoms with Crippen LogP contribution in [-0.2, 0) is 0 Å². The maximum atomic E-state index is 9.86. The van der Waals surface area contributed by atoms with Crippen molar-refractivity contribution in [1.82, 2.24) is 9.97 Å². The molecule has 2 atom stereocenters. The number of aliphatic hydroxyl groups excluding tert-OH is 1. The molecule has 1 aromatic rings. The van der Waals surface area contributed by atoms with Gasteiger partial charge in [-0.25, -0.2) is 9.97 Å². The molecule has 4 nitrogen and oxygen atoms in total. The van der Waals surface area contributed by atoms with E-state index in [1.165, 1.54) is 6.42 Å². The summed E-state index contributed by atoms with van der Waals surface area (Å²) in [5.41, 5.74) is 0.959. The minimum absolute atomic E-state index is 0.141. The monoisotopic (exact) mass is 221 g/mol. The SMILES string of the molecule is Cc1cc(N[C@H]2CCCC[C@@H]2O)nc(C)n1. The van der Waals surface area contributed by atoms with E-state index in [2.05, 4.69) is 15.3 Å². The number of nitrogens with one attached hydrogen (secondary N) is 1. The molecule has 0 aromatic carbocycles. The minimum atomic E-state index is -0.246. The van der Waals surface area contributed by atoms with Crippen LogP contribution in [0.1, 0.15) is 37.2 Å². The van der Waals surface area contributed by atoms with Crippen molar-refractivity contribution >= 4 is 5.82 Å². The molecule has 1 aromatic heterocycles. The third kappa shape index (κ3) is 2.70. The molecule has 2 rings (SSSR count). The van der Waals surface area contributed by atoms with Crippen molar-refractivity contribution in [3.8, 4) is 0 Å². The van der Waals surface area contributed by atoms with Crippen molar-refractivity contribution in [2.75, 3.05) is 5.32 Å². The molecule has 1 fully saturated rings. The van der Waals surface area contributed by atoms with Gasteiger partial charge in [0.1, 0.15) is 11.6 Å². The molecule has 4 heteroatoms. The predicted molar refractivity (Wildman–Crippen MR) is 63.4 cm³/mol. The van der Waals surface area contributed by atoms with Gasteiger partial charge in [-0.05, 0) is 26.7 Å². The van der Waals surface area contributed by atoms with Gasteiger partial charge in [0.15, 0.2) is 0 Å². The van der Waals surface area contributed by atoms with Crippen LogP contribution in [0, 0.1) is 13.8 Å². The van der Waals surface area contributed by atoms with Crippen molar-refractivity contribution in [2.24, 2.45) is 0 Å². The van der Waals surface area contributed by atoms with E-state index in [4.69, 9.17) is 0 Å². The summed E-state index contributed by atoms with van der Waals surface area (Å²) in [6.45, 7) is 3.84. The molecule has 0 unspecified atom stereocenters. The highest BCUT2D eigenvalue weighted by atomic mass is 16.3. The van der Waals surface area contributed by atoms with Crippen LogP contribution in [-0.4, -0.2) is 27.2 Å². The van der Waals surface area contributed by atoms with E-state index < -0.39 is 0 Å². The molecule has 1 heterocycles. The maximum Gasteiger partial charge on any atom is 0.130 e. The van der Waals surface area contributed by atoms with Gasteiger partial charge in [-0.15, -0.1) is 0 Å². The largest absolute Gasteiger partial charge is 0.391 e. The van der Waals surface area contributed by atoms with Crippen LogP contribution in [0.2, 0.25) is 0 Å². The lowest BCUT2D eigenvalue weighted by Crippen LogP contribution is -2.36. The molecule has 0 radical (unpaired) electrons. The second kappa shape index (κ2) is 4.78. The standard InChI is InChI=1S/C12H19N3O/c1-8-7-12(14-9(2)13-8)15-10-5-3-4-6-11(10)16/h7,10-11,16H,3-6H2,1-2H3,(H,13,14,15)/t10-,11-/m0/s1. The van der Waals surface area contributed by atoms with Gasteiger partial charge in [0.25, 0.3) is 0 Å². The van der Waals surface area contributed by atoms with Crippen molar-refractivity contribution in [3.05, 3.63) is 17.6 Å². The van der Waals surface area contributed by atoms with Crippen LogP contribution in [0.15, 0.2) is 6.07 Å². The Morgan fingerprint density at radius 2 is 2.00 bits per heavy atom. The lowest BCUT2D eigenvalue weighted by atomic mass is 9.92. The summed E-state index contributed by atoms with van der Waals surface area (Å²) in [4.78, 5) is 8.56. The molecule has 1 saturated carbocycles. The molecule has 16 heavy (non-hydrogen) atoms. The maximum absolute atomic E-state index is 9.86. The van der Waals surface area contributed by atoms with Crippen LogP contribution >= 0.6 is 0 Å². The average Bonchev–Trinajstić information content (AvgIpc) is 2.20. The Kier molecular flexibility index (Phi) is 3.39. The molecule has 0 saturated heterocycles. The number of hydrogen-bond donors (Lipinski definition) is 2. The third-order valence-corrected chi connectivity index (χ3v) is 3.03. The number of hydrogen-bond acceptors (Lipinski definition) is 4. The molecule has 88 valence electrons. The summed E-state index contributed by atoms with van der Waals surface area (Å²) in [7, 11) is 0. The first kappa shape index (κ1) is 11.3. The average molecular weight is 221 g/mol. The van der Waals surface area contributed by atoms with Crippen molar-refractivity contribution in [3.63, 3.8) is 0 Å². The highest BCUT2D eigenvalue weighted by Crippen LogP contribution is 2.21. The Morgan fingerprint density at radius 1 is 1.25 bits per heavy atom. The van der Waals surface area contributed by atoms with E-state index in [0.717, 1.165) is 36.6 Å². The normalized spacial score (nSPS) is 25.4. The molecule has 0 amide bonds. The molecule has 0 bridgehead atoms. The summed E-state index contributed by atoms with van der Waals surface area (Å²) in [6, 6.07) is 2.07. The summed E-state index contributed by atoms with van der Waals surface area (Å²) in [5.74, 6) is 1.60. The van der Waals surface area contributed by atoms with E-state index >= 15 is 0 Å². The van der Waals surface area contributed by atoms with E-state index in [9.17, 15) is 5.11 Å². The fourth-order valence-corrected chi connectivity index (χ4v) is 2.26. The zero-order valence-corrected chi connectivity index (χ0v) is 9.90. The van der Waals surface area contributed by atoms with E-state index in [-0.39, 0.29) is 12.1 Å². The molecule has 0 spiro atoms. The zero-order chi connectivity index (χ0) is 11.5. The highest BCUT2D eigenvalue weighted by Gasteiger charge is 2.23. The van der Waals surface area contributed by atoms with Gasteiger partial charge in [0, 0.05) is 11.8 Å². The van der Waals surface area contributed by atoms with Gasteiger partial charge in [-0.1, -0.05) is 12.8 Å². The van der Waals surface area contributed by atoms with Crippen LogP contribution in [0.25, 0.3) is 0 Å². The first-order chi connectivity index (χ1) is 7.65. The summed E-state index contributed by atoms with van der Waals surface area (Å²) >= 11 is 0. The minimum Gasteiger partial charge on any atom is -0.391 e. The zero-order valence-electron chi connectivity index (χ0n) is 9.90. The molecular formula is C12H19N3O. The first-order valence-corrected chi connectivity index (χ1v) is 5.92. The van der Waals surface area contributed by atoms with E-state index in [1.807, 2.05) is 19.9 Å². The van der Waals surface area contributed by atoms with Crippen LogP contribution in [0.3, 0.4) is 0 Å². The molecular weight excluding hydrogens is 202 g/mol. The van der Waals surface area contributed by atoms with Crippen molar-refractivity contribution in [1.29, 1.82) is 0 Å². The Morgan fingerprint density at radius 3 is 2.69 bits per heavy atom. The van der Waals surface area contributed by atoms with Gasteiger partial charge in [-0.2, -0.15) is 0 Å². The van der Waals surface area contributed by atoms with E-state index in [0.29, 0.717) is 0 Å². The number of aromatic nitrogens is 2. The molecule has 1 aliphatic carbocycles. The van der Waals surface area contributed by atoms with Crippen LogP contribution < -0.4 is 5.32 Å². The van der Waals surface area contributed by atoms with Gasteiger partial charge in [0.05, 0.1) is 12.1 Å². The second-order valence-electron chi connectivity index (χ2n) is 4.54. The van der Waals surface area contributed by atoms with Gasteiger partial charge < -0.3 is 10.4 Å². The highest BCUT2D eigenvalue weighted by molar-refractivity contribution is 5.37. The smallest absolute Gasteiger partial charge is 0.130 e. The quantitative estimate of drug-likeness (QED) is 0.799. The Bertz CT molecular complexity index is 347. The number of anilines is 1. The lowest BCUT2D eigenvalue weighted by Gasteiger charge is -2.28. The van der Waals surface area contributed by atoms with Crippen LogP contribution in [0.4, 0.5) is 5.82 Å². The van der Waals surface area contributed by atoms with Crippen molar-refractivity contribution < 1.29 is 5.11 Å². The summed E-state index contributed by atoms with van der Waals surface area (Å²) in [6.07, 6.45) is 3.97. The van der Waals surface area contributed by atoms with Gasteiger partial charge >= 0.3 is 0 Å². The fraction of sp³-hybridized carbons (Fsp3) is 0.667. The second-order valence-corrected chi connectivity index (χ2v) is 4.54. The number of rotatable bonds is 2. The Balaban J connectivity index is 2.07. The number of nitrogens with zero attached hydrogens (tertiary/aromatic N) is 2. The van der Waals surface area contributed by atoms with Gasteiger partial charge in [0.2, 0.25) is 0 Å². The fourth-order valence-electron chi connectivity index (χ4n) is 2.26. The summed E-state index contributed by atoms with van der Waals surface area (Å²) in [5, 5.41) is 13.2. The summed E-state index contributed by atoms with van der Waals surface area (Å²) < 4.78 is 0. The number of aliphatic hydroxyl groups is 1. The lowest BCUT2D eigenvalue weighted by molar-refractivity contribution is 0.116. The first-order valence-electron chi connectivity index (χ1n) is 5.92. The van der Waals surface area contributed by atoms with Crippen molar-refractivity contribution in [2.45, 2.75) is 51.7 Å². The third-order valence-electron chi connectivity index (χ3n) is 3.03. The Hall–Kier alpha value is -1.16. The molecule has 2 N–H and O–H groups in total. The Labute approximate surface area is 96.1 Å². The van der Waals surface area contributed by atoms with E-state index in [1.54, 1.807) is 0 Å². The molecule has 1 aliphatic rings.